The molecule has 0 radical (unpaired) electrons. The van der Waals surface area contributed by atoms with E-state index in [1.165, 1.54) is 57.8 Å². The largest absolute Gasteiger partial charge is 0.317 e. The Morgan fingerprint density at radius 1 is 0.786 bits per heavy atom. The maximum absolute atomic E-state index is 3.43. The highest BCUT2D eigenvalue weighted by Crippen LogP contribution is 2.10. The molecule has 1 atom stereocenters. The molecule has 0 amide bonds. The lowest BCUT2D eigenvalue weighted by atomic mass is 10.0. The zero-order chi connectivity index (χ0) is 10.6. The Kier molecular flexibility index (Phi) is 11.0. The predicted octanol–water partition coefficient (Wildman–Crippen LogP) is 4.13. The van der Waals surface area contributed by atoms with Gasteiger partial charge in [0.15, 0.2) is 0 Å². The van der Waals surface area contributed by atoms with E-state index in [1.54, 1.807) is 0 Å². The molecular formula is C13H29N. The molecule has 0 aromatic heterocycles. The third-order valence-corrected chi connectivity index (χ3v) is 2.97. The molecule has 0 fully saturated rings. The first-order valence-electron chi connectivity index (χ1n) is 6.52. The zero-order valence-electron chi connectivity index (χ0n) is 10.4. The quantitative estimate of drug-likeness (QED) is 0.522. The maximum atomic E-state index is 3.43. The number of nitrogens with one attached hydrogen (secondary N) is 1. The fourth-order valence-corrected chi connectivity index (χ4v) is 1.88. The van der Waals surface area contributed by atoms with Crippen LogP contribution >= 0.6 is 0 Å². The average molecular weight is 199 g/mol. The minimum absolute atomic E-state index is 0.775. The van der Waals surface area contributed by atoms with Crippen molar-refractivity contribution in [2.24, 2.45) is 0 Å². The highest BCUT2D eigenvalue weighted by molar-refractivity contribution is 4.64. The van der Waals surface area contributed by atoms with Crippen LogP contribution in [0.15, 0.2) is 0 Å². The Morgan fingerprint density at radius 2 is 1.36 bits per heavy atom. The summed E-state index contributed by atoms with van der Waals surface area (Å²) in [5.41, 5.74) is 0. The van der Waals surface area contributed by atoms with Crippen LogP contribution in [0.5, 0.6) is 0 Å². The van der Waals surface area contributed by atoms with Crippen molar-refractivity contribution in [2.45, 2.75) is 77.7 Å². The van der Waals surface area contributed by atoms with Crippen LogP contribution < -0.4 is 5.32 Å². The lowest BCUT2D eigenvalue weighted by molar-refractivity contribution is 0.446. The molecule has 1 nitrogen and oxygen atoms in total. The van der Waals surface area contributed by atoms with E-state index in [0.29, 0.717) is 0 Å². The van der Waals surface area contributed by atoms with Crippen LogP contribution in [0.3, 0.4) is 0 Å². The molecule has 0 bridgehead atoms. The van der Waals surface area contributed by atoms with Crippen molar-refractivity contribution in [3.63, 3.8) is 0 Å². The highest BCUT2D eigenvalue weighted by Gasteiger charge is 2.03. The van der Waals surface area contributed by atoms with Gasteiger partial charge in [-0.2, -0.15) is 0 Å². The van der Waals surface area contributed by atoms with E-state index >= 15 is 0 Å². The van der Waals surface area contributed by atoms with E-state index in [9.17, 15) is 0 Å². The van der Waals surface area contributed by atoms with Gasteiger partial charge in [0.05, 0.1) is 0 Å². The van der Waals surface area contributed by atoms with Gasteiger partial charge in [-0.1, -0.05) is 58.8 Å². The molecule has 0 heterocycles. The van der Waals surface area contributed by atoms with Crippen molar-refractivity contribution in [1.82, 2.24) is 5.32 Å². The standard InChI is InChI=1S/C13H29N/c1-4-6-8-9-10-12-13(14-3)11-7-5-2/h13-14H,4-12H2,1-3H3. The van der Waals surface area contributed by atoms with Crippen molar-refractivity contribution in [2.75, 3.05) is 7.05 Å². The van der Waals surface area contributed by atoms with Crippen LogP contribution in [-0.4, -0.2) is 13.1 Å². The van der Waals surface area contributed by atoms with E-state index in [-0.39, 0.29) is 0 Å². The molecule has 0 saturated carbocycles. The smallest absolute Gasteiger partial charge is 0.00640 e. The lowest BCUT2D eigenvalue weighted by Gasteiger charge is -2.15. The van der Waals surface area contributed by atoms with Crippen molar-refractivity contribution in [3.8, 4) is 0 Å². The number of hydrogen-bond donors (Lipinski definition) is 1. The summed E-state index contributed by atoms with van der Waals surface area (Å²) in [6.45, 7) is 4.55. The second-order valence-corrected chi connectivity index (χ2v) is 4.33. The number of unbranched alkanes of at least 4 members (excludes halogenated alkanes) is 5. The SMILES string of the molecule is CCCCCCCC(CCCC)NC. The summed E-state index contributed by atoms with van der Waals surface area (Å²) in [6, 6.07) is 0.775. The first-order chi connectivity index (χ1) is 6.85. The molecule has 0 aromatic carbocycles. The summed E-state index contributed by atoms with van der Waals surface area (Å²) >= 11 is 0. The first kappa shape index (κ1) is 14.0. The number of rotatable bonds is 10. The molecule has 0 spiro atoms. The zero-order valence-corrected chi connectivity index (χ0v) is 10.4. The van der Waals surface area contributed by atoms with E-state index in [1.807, 2.05) is 0 Å². The summed E-state index contributed by atoms with van der Waals surface area (Å²) in [7, 11) is 2.10. The molecule has 1 unspecified atom stereocenters. The fourth-order valence-electron chi connectivity index (χ4n) is 1.88. The Labute approximate surface area is 90.7 Å². The van der Waals surface area contributed by atoms with Crippen LogP contribution in [0.4, 0.5) is 0 Å². The van der Waals surface area contributed by atoms with Gasteiger partial charge in [-0.25, -0.2) is 0 Å². The summed E-state index contributed by atoms with van der Waals surface area (Å²) in [5, 5.41) is 3.43. The van der Waals surface area contributed by atoms with E-state index in [2.05, 4.69) is 26.2 Å². The van der Waals surface area contributed by atoms with Crippen LogP contribution in [0.25, 0.3) is 0 Å². The average Bonchev–Trinajstić information content (AvgIpc) is 2.22. The monoisotopic (exact) mass is 199 g/mol. The van der Waals surface area contributed by atoms with Crippen molar-refractivity contribution in [1.29, 1.82) is 0 Å². The lowest BCUT2D eigenvalue weighted by Crippen LogP contribution is -2.24. The fraction of sp³-hybridized carbons (Fsp3) is 1.00. The Hall–Kier alpha value is -0.0400. The van der Waals surface area contributed by atoms with Crippen molar-refractivity contribution < 1.29 is 0 Å². The van der Waals surface area contributed by atoms with Gasteiger partial charge >= 0.3 is 0 Å². The van der Waals surface area contributed by atoms with E-state index in [4.69, 9.17) is 0 Å². The molecule has 1 heteroatoms. The molecule has 86 valence electrons. The van der Waals surface area contributed by atoms with Gasteiger partial charge in [-0.15, -0.1) is 0 Å². The Bertz CT molecular complexity index is 101. The van der Waals surface area contributed by atoms with E-state index in [0.717, 1.165) is 6.04 Å². The van der Waals surface area contributed by atoms with Crippen molar-refractivity contribution in [3.05, 3.63) is 0 Å². The van der Waals surface area contributed by atoms with Gasteiger partial charge in [-0.05, 0) is 19.9 Å². The summed E-state index contributed by atoms with van der Waals surface area (Å²) in [5.74, 6) is 0. The molecular weight excluding hydrogens is 170 g/mol. The van der Waals surface area contributed by atoms with Gasteiger partial charge in [0, 0.05) is 6.04 Å². The van der Waals surface area contributed by atoms with E-state index < -0.39 is 0 Å². The molecule has 0 aromatic rings. The van der Waals surface area contributed by atoms with Crippen LogP contribution in [0.1, 0.15) is 71.6 Å². The third-order valence-electron chi connectivity index (χ3n) is 2.97. The maximum Gasteiger partial charge on any atom is 0.00640 e. The molecule has 1 N–H and O–H groups in total. The third kappa shape index (κ3) is 8.55. The first-order valence-corrected chi connectivity index (χ1v) is 6.52. The van der Waals surface area contributed by atoms with Crippen LogP contribution in [0, 0.1) is 0 Å². The Morgan fingerprint density at radius 3 is 1.93 bits per heavy atom. The molecule has 0 rings (SSSR count). The van der Waals surface area contributed by atoms with Crippen molar-refractivity contribution >= 4 is 0 Å². The normalized spacial score (nSPS) is 13.1. The molecule has 0 aliphatic heterocycles. The highest BCUT2D eigenvalue weighted by atomic mass is 14.9. The van der Waals surface area contributed by atoms with Gasteiger partial charge < -0.3 is 5.32 Å². The van der Waals surface area contributed by atoms with Crippen LogP contribution in [0.2, 0.25) is 0 Å². The second-order valence-electron chi connectivity index (χ2n) is 4.33. The molecule has 0 aliphatic carbocycles. The minimum atomic E-state index is 0.775. The minimum Gasteiger partial charge on any atom is -0.317 e. The molecule has 0 aliphatic rings. The Balaban J connectivity index is 3.24. The molecule has 0 saturated heterocycles. The second kappa shape index (κ2) is 11.0. The molecule has 14 heavy (non-hydrogen) atoms. The summed E-state index contributed by atoms with van der Waals surface area (Å²) in [4.78, 5) is 0. The summed E-state index contributed by atoms with van der Waals surface area (Å²) < 4.78 is 0. The predicted molar refractivity (Wildman–Crippen MR) is 65.7 cm³/mol. The van der Waals surface area contributed by atoms with Gasteiger partial charge in [-0.3, -0.25) is 0 Å². The van der Waals surface area contributed by atoms with Gasteiger partial charge in [0.25, 0.3) is 0 Å². The number of hydrogen-bond acceptors (Lipinski definition) is 1. The van der Waals surface area contributed by atoms with Gasteiger partial charge in [0.2, 0.25) is 0 Å². The summed E-state index contributed by atoms with van der Waals surface area (Å²) in [6.07, 6.45) is 12.5. The van der Waals surface area contributed by atoms with Gasteiger partial charge in [0.1, 0.15) is 0 Å². The van der Waals surface area contributed by atoms with Crippen LogP contribution in [-0.2, 0) is 0 Å². The topological polar surface area (TPSA) is 12.0 Å².